The molecule has 0 heterocycles. The zero-order chi connectivity index (χ0) is 17.9. The fourth-order valence-electron chi connectivity index (χ4n) is 1.44. The maximum Gasteiger partial charge on any atom is 0.412 e. The SMILES string of the molecule is C=C/C=C(/C#N)CCOCN(CC(=C)N=C)C(=O)OC(C)(C)C. The van der Waals surface area contributed by atoms with E-state index < -0.39 is 11.7 Å². The highest BCUT2D eigenvalue weighted by Crippen LogP contribution is 2.11. The third-order valence-corrected chi connectivity index (χ3v) is 2.47. The first kappa shape index (κ1) is 20.6. The Labute approximate surface area is 138 Å². The average molecular weight is 319 g/mol. The van der Waals surface area contributed by atoms with Crippen molar-refractivity contribution < 1.29 is 14.3 Å². The molecule has 0 atom stereocenters. The molecule has 0 aromatic heterocycles. The molecule has 0 saturated heterocycles. The molecule has 0 bridgehead atoms. The van der Waals surface area contributed by atoms with E-state index in [0.717, 1.165) is 0 Å². The van der Waals surface area contributed by atoms with E-state index in [0.29, 0.717) is 24.3 Å². The number of rotatable bonds is 9. The number of nitrogens with zero attached hydrogens (tertiary/aromatic N) is 3. The largest absolute Gasteiger partial charge is 0.444 e. The second kappa shape index (κ2) is 10.4. The number of allylic oxidation sites excluding steroid dienone is 2. The van der Waals surface area contributed by atoms with E-state index in [2.05, 4.69) is 30.9 Å². The van der Waals surface area contributed by atoms with Crippen molar-refractivity contribution in [3.8, 4) is 6.07 Å². The minimum Gasteiger partial charge on any atom is -0.444 e. The second-order valence-electron chi connectivity index (χ2n) is 5.73. The molecular weight excluding hydrogens is 294 g/mol. The summed E-state index contributed by atoms with van der Waals surface area (Å²) in [6.07, 6.45) is 3.08. The summed E-state index contributed by atoms with van der Waals surface area (Å²) in [6.45, 7) is 16.4. The molecule has 0 aromatic carbocycles. The summed E-state index contributed by atoms with van der Waals surface area (Å²) < 4.78 is 10.8. The summed E-state index contributed by atoms with van der Waals surface area (Å²) in [5.41, 5.74) is 0.378. The quantitative estimate of drug-likeness (QED) is 0.214. The Kier molecular flexibility index (Phi) is 9.28. The summed E-state index contributed by atoms with van der Waals surface area (Å²) in [4.78, 5) is 17.2. The smallest absolute Gasteiger partial charge is 0.412 e. The zero-order valence-corrected chi connectivity index (χ0v) is 14.2. The molecule has 0 fully saturated rings. The molecule has 0 aliphatic heterocycles. The number of carbonyl (C=O) groups excluding carboxylic acids is 1. The first-order chi connectivity index (χ1) is 10.7. The Morgan fingerprint density at radius 1 is 1.43 bits per heavy atom. The van der Waals surface area contributed by atoms with Gasteiger partial charge in [0, 0.05) is 12.0 Å². The minimum absolute atomic E-state index is 0.0102. The topological polar surface area (TPSA) is 74.9 Å². The van der Waals surface area contributed by atoms with Crippen LogP contribution in [0.5, 0.6) is 0 Å². The predicted octanol–water partition coefficient (Wildman–Crippen LogP) is 3.44. The van der Waals surface area contributed by atoms with Gasteiger partial charge in [0.1, 0.15) is 12.3 Å². The Morgan fingerprint density at radius 3 is 2.57 bits per heavy atom. The summed E-state index contributed by atoms with van der Waals surface area (Å²) in [7, 11) is 0. The van der Waals surface area contributed by atoms with Crippen LogP contribution in [0.15, 0.2) is 41.6 Å². The van der Waals surface area contributed by atoms with Gasteiger partial charge < -0.3 is 9.47 Å². The van der Waals surface area contributed by atoms with Crippen LogP contribution < -0.4 is 0 Å². The van der Waals surface area contributed by atoms with E-state index in [1.165, 1.54) is 4.90 Å². The number of hydrogen-bond donors (Lipinski definition) is 0. The van der Waals surface area contributed by atoms with Crippen LogP contribution in [0.2, 0.25) is 0 Å². The highest BCUT2D eigenvalue weighted by Gasteiger charge is 2.22. The van der Waals surface area contributed by atoms with Gasteiger partial charge >= 0.3 is 6.09 Å². The minimum atomic E-state index is -0.612. The van der Waals surface area contributed by atoms with Crippen molar-refractivity contribution in [2.45, 2.75) is 32.8 Å². The van der Waals surface area contributed by atoms with Crippen molar-refractivity contribution in [2.75, 3.05) is 19.9 Å². The lowest BCUT2D eigenvalue weighted by Crippen LogP contribution is -2.39. The molecular formula is C17H25N3O3. The Bertz CT molecular complexity index is 510. The van der Waals surface area contributed by atoms with Crippen molar-refractivity contribution in [1.82, 2.24) is 4.90 Å². The van der Waals surface area contributed by atoms with Crippen LogP contribution in [0.25, 0.3) is 0 Å². The van der Waals surface area contributed by atoms with E-state index >= 15 is 0 Å². The highest BCUT2D eigenvalue weighted by atomic mass is 16.6. The number of carbonyl (C=O) groups is 1. The van der Waals surface area contributed by atoms with Gasteiger partial charge in [-0.25, -0.2) is 4.79 Å². The predicted molar refractivity (Wildman–Crippen MR) is 91.0 cm³/mol. The molecule has 0 N–H and O–H groups in total. The molecule has 0 radical (unpaired) electrons. The Morgan fingerprint density at radius 2 is 2.09 bits per heavy atom. The standard InChI is InChI=1S/C17H25N3O3/c1-7-8-15(11-18)9-10-22-13-20(12-14(2)19-6)16(21)23-17(3,4)5/h7-8H,1-2,6,9-10,12-13H2,3-5H3/b15-8+. The molecule has 23 heavy (non-hydrogen) atoms. The summed E-state index contributed by atoms with van der Waals surface area (Å²) >= 11 is 0. The van der Waals surface area contributed by atoms with Crippen molar-refractivity contribution in [3.05, 3.63) is 36.6 Å². The molecule has 6 heteroatoms. The Hall–Kier alpha value is -2.39. The van der Waals surface area contributed by atoms with Crippen LogP contribution in [0.3, 0.4) is 0 Å². The molecule has 0 aliphatic rings. The van der Waals surface area contributed by atoms with Gasteiger partial charge in [0.15, 0.2) is 0 Å². The molecule has 0 saturated carbocycles. The third-order valence-electron chi connectivity index (χ3n) is 2.47. The number of hydrogen-bond acceptors (Lipinski definition) is 5. The van der Waals surface area contributed by atoms with E-state index in [9.17, 15) is 4.79 Å². The normalized spacial score (nSPS) is 11.3. The van der Waals surface area contributed by atoms with Crippen LogP contribution in [0, 0.1) is 11.3 Å². The molecule has 0 aromatic rings. The number of amides is 1. The summed E-state index contributed by atoms with van der Waals surface area (Å²) in [5, 5.41) is 8.90. The van der Waals surface area contributed by atoms with Gasteiger partial charge in [-0.15, -0.1) is 0 Å². The van der Waals surface area contributed by atoms with Crippen LogP contribution in [-0.4, -0.2) is 43.2 Å². The van der Waals surface area contributed by atoms with E-state index in [4.69, 9.17) is 14.7 Å². The lowest BCUT2D eigenvalue weighted by Gasteiger charge is -2.27. The molecule has 0 spiro atoms. The fraction of sp³-hybridized carbons (Fsp3) is 0.471. The number of aliphatic imine (C=N–C) groups is 1. The molecule has 126 valence electrons. The van der Waals surface area contributed by atoms with Crippen LogP contribution in [-0.2, 0) is 9.47 Å². The third kappa shape index (κ3) is 10.0. The van der Waals surface area contributed by atoms with Crippen LogP contribution in [0.1, 0.15) is 27.2 Å². The van der Waals surface area contributed by atoms with E-state index in [1.54, 1.807) is 32.9 Å². The first-order valence-electron chi connectivity index (χ1n) is 7.15. The molecule has 1 amide bonds. The fourth-order valence-corrected chi connectivity index (χ4v) is 1.44. The van der Waals surface area contributed by atoms with E-state index in [1.807, 2.05) is 0 Å². The summed E-state index contributed by atoms with van der Waals surface area (Å²) in [6, 6.07) is 2.05. The van der Waals surface area contributed by atoms with E-state index in [-0.39, 0.29) is 13.3 Å². The molecule has 0 unspecified atom stereocenters. The maximum atomic E-state index is 12.1. The zero-order valence-electron chi connectivity index (χ0n) is 14.2. The number of nitriles is 1. The second-order valence-corrected chi connectivity index (χ2v) is 5.73. The monoisotopic (exact) mass is 319 g/mol. The number of ether oxygens (including phenoxy) is 2. The summed E-state index contributed by atoms with van der Waals surface area (Å²) in [5.74, 6) is 0. The molecule has 0 aliphatic carbocycles. The van der Waals surface area contributed by atoms with Gasteiger partial charge in [0.25, 0.3) is 0 Å². The molecule has 6 nitrogen and oxygen atoms in total. The van der Waals surface area contributed by atoms with Gasteiger partial charge in [0.05, 0.1) is 24.9 Å². The van der Waals surface area contributed by atoms with Crippen molar-refractivity contribution in [3.63, 3.8) is 0 Å². The molecule has 0 rings (SSSR count). The lowest BCUT2D eigenvalue weighted by atomic mass is 10.2. The Balaban J connectivity index is 4.59. The highest BCUT2D eigenvalue weighted by molar-refractivity contribution is 5.68. The maximum absolute atomic E-state index is 12.1. The van der Waals surface area contributed by atoms with Gasteiger partial charge in [-0.2, -0.15) is 5.26 Å². The average Bonchev–Trinajstić information content (AvgIpc) is 2.46. The van der Waals surface area contributed by atoms with Crippen LogP contribution >= 0.6 is 0 Å². The van der Waals surface area contributed by atoms with Gasteiger partial charge in [0.2, 0.25) is 0 Å². The van der Waals surface area contributed by atoms with Crippen molar-refractivity contribution >= 4 is 12.8 Å². The van der Waals surface area contributed by atoms with Crippen molar-refractivity contribution in [2.24, 2.45) is 4.99 Å². The van der Waals surface area contributed by atoms with Gasteiger partial charge in [-0.1, -0.05) is 19.2 Å². The lowest BCUT2D eigenvalue weighted by molar-refractivity contribution is -0.00994. The van der Waals surface area contributed by atoms with Gasteiger partial charge in [-0.3, -0.25) is 9.89 Å². The van der Waals surface area contributed by atoms with Crippen LogP contribution in [0.4, 0.5) is 4.79 Å². The van der Waals surface area contributed by atoms with Crippen molar-refractivity contribution in [1.29, 1.82) is 5.26 Å². The van der Waals surface area contributed by atoms with Gasteiger partial charge in [-0.05, 0) is 33.6 Å². The first-order valence-corrected chi connectivity index (χ1v) is 7.15.